The Morgan fingerprint density at radius 2 is 2.19 bits per heavy atom. The molecule has 0 bridgehead atoms. The van der Waals surface area contributed by atoms with Crippen molar-refractivity contribution in [2.75, 3.05) is 13.6 Å². The maximum absolute atomic E-state index is 4.56. The van der Waals surface area contributed by atoms with Crippen LogP contribution in [0, 0.1) is 0 Å². The van der Waals surface area contributed by atoms with Crippen molar-refractivity contribution in [3.63, 3.8) is 0 Å². The number of hydrogen-bond acceptors (Lipinski definition) is 4. The third kappa shape index (κ3) is 5.87. The monoisotopic (exact) mass is 367 g/mol. The van der Waals surface area contributed by atoms with E-state index in [9.17, 15) is 0 Å². The summed E-state index contributed by atoms with van der Waals surface area (Å²) >= 11 is 5.28. The molecular formula is C16H22BrN3S. The number of thiophene rings is 1. The molecule has 2 aromatic rings. The highest BCUT2D eigenvalue weighted by Crippen LogP contribution is 2.21. The predicted octanol–water partition coefficient (Wildman–Crippen LogP) is 4.04. The normalized spacial score (nSPS) is 11.2. The van der Waals surface area contributed by atoms with Gasteiger partial charge in [0.15, 0.2) is 0 Å². The Bertz CT molecular complexity index is 539. The first-order chi connectivity index (χ1) is 10.2. The third-order valence-electron chi connectivity index (χ3n) is 3.12. The molecular weight excluding hydrogens is 346 g/mol. The molecule has 2 aromatic heterocycles. The zero-order chi connectivity index (χ0) is 15.1. The van der Waals surface area contributed by atoms with E-state index in [2.05, 4.69) is 68.7 Å². The fourth-order valence-electron chi connectivity index (χ4n) is 2.10. The summed E-state index contributed by atoms with van der Waals surface area (Å²) in [4.78, 5) is 8.21. The fraction of sp³-hybridized carbons (Fsp3) is 0.438. The zero-order valence-corrected chi connectivity index (χ0v) is 15.0. The first-order valence-electron chi connectivity index (χ1n) is 7.23. The first-order valence-corrected chi connectivity index (χ1v) is 8.90. The molecule has 0 spiro atoms. The van der Waals surface area contributed by atoms with Crippen LogP contribution >= 0.6 is 27.3 Å². The molecule has 0 saturated heterocycles. The Hall–Kier alpha value is -0.750. The van der Waals surface area contributed by atoms with E-state index < -0.39 is 0 Å². The quantitative estimate of drug-likeness (QED) is 0.713. The highest BCUT2D eigenvalue weighted by atomic mass is 79.9. The van der Waals surface area contributed by atoms with Crippen LogP contribution in [0.4, 0.5) is 0 Å². The standard InChI is InChI=1S/C16H22BrN3S/c1-3-6-18-8-13-4-5-15(19-9-13)10-20(2)11-16-7-14(17)12-21-16/h4-5,7,9,12,18H,3,6,8,10-11H2,1-2H3. The number of hydrogen-bond donors (Lipinski definition) is 1. The SMILES string of the molecule is CCCNCc1ccc(CN(C)Cc2cc(Br)cs2)nc1. The van der Waals surface area contributed by atoms with Gasteiger partial charge < -0.3 is 5.32 Å². The molecule has 21 heavy (non-hydrogen) atoms. The maximum Gasteiger partial charge on any atom is 0.0544 e. The number of aromatic nitrogens is 1. The van der Waals surface area contributed by atoms with E-state index in [0.717, 1.165) is 42.8 Å². The number of pyridine rings is 1. The number of nitrogens with zero attached hydrogens (tertiary/aromatic N) is 2. The van der Waals surface area contributed by atoms with Crippen molar-refractivity contribution in [3.8, 4) is 0 Å². The molecule has 0 aliphatic carbocycles. The summed E-state index contributed by atoms with van der Waals surface area (Å²) in [7, 11) is 2.13. The van der Waals surface area contributed by atoms with Gasteiger partial charge in [-0.1, -0.05) is 13.0 Å². The van der Waals surface area contributed by atoms with Gasteiger partial charge in [0.2, 0.25) is 0 Å². The molecule has 3 nitrogen and oxygen atoms in total. The molecule has 0 aliphatic heterocycles. The predicted molar refractivity (Wildman–Crippen MR) is 93.4 cm³/mol. The molecule has 0 aromatic carbocycles. The molecule has 5 heteroatoms. The second kappa shape index (κ2) is 8.63. The Kier molecular flexibility index (Phi) is 6.83. The van der Waals surface area contributed by atoms with Gasteiger partial charge in [-0.05, 0) is 53.6 Å². The summed E-state index contributed by atoms with van der Waals surface area (Å²) in [6.07, 6.45) is 3.14. The highest BCUT2D eigenvalue weighted by Gasteiger charge is 2.05. The third-order valence-corrected chi connectivity index (χ3v) is 4.80. The average Bonchev–Trinajstić information content (AvgIpc) is 2.86. The fourth-order valence-corrected chi connectivity index (χ4v) is 3.63. The van der Waals surface area contributed by atoms with Gasteiger partial charge in [0.05, 0.1) is 5.69 Å². The van der Waals surface area contributed by atoms with Gasteiger partial charge in [-0.25, -0.2) is 0 Å². The Balaban J connectivity index is 1.82. The average molecular weight is 368 g/mol. The molecule has 0 aliphatic rings. The number of nitrogens with one attached hydrogen (secondary N) is 1. The summed E-state index contributed by atoms with van der Waals surface area (Å²) in [6.45, 7) is 5.97. The van der Waals surface area contributed by atoms with E-state index in [1.54, 1.807) is 11.3 Å². The molecule has 2 heterocycles. The Morgan fingerprint density at radius 3 is 2.81 bits per heavy atom. The van der Waals surface area contributed by atoms with Crippen molar-refractivity contribution < 1.29 is 0 Å². The first kappa shape index (κ1) is 16.6. The molecule has 0 atom stereocenters. The van der Waals surface area contributed by atoms with Crippen LogP contribution in [0.3, 0.4) is 0 Å². The van der Waals surface area contributed by atoms with Crippen molar-refractivity contribution in [3.05, 3.63) is 50.4 Å². The van der Waals surface area contributed by atoms with Crippen LogP contribution in [-0.4, -0.2) is 23.5 Å². The van der Waals surface area contributed by atoms with Crippen LogP contribution in [0.2, 0.25) is 0 Å². The maximum atomic E-state index is 4.56. The van der Waals surface area contributed by atoms with Gasteiger partial charge in [-0.2, -0.15) is 0 Å². The molecule has 114 valence electrons. The Morgan fingerprint density at radius 1 is 1.33 bits per heavy atom. The van der Waals surface area contributed by atoms with Crippen LogP contribution < -0.4 is 5.32 Å². The van der Waals surface area contributed by atoms with E-state index in [-0.39, 0.29) is 0 Å². The summed E-state index contributed by atoms with van der Waals surface area (Å²) in [5.74, 6) is 0. The van der Waals surface area contributed by atoms with Crippen LogP contribution in [-0.2, 0) is 19.6 Å². The molecule has 0 amide bonds. The second-order valence-electron chi connectivity index (χ2n) is 5.24. The van der Waals surface area contributed by atoms with Crippen LogP contribution in [0.5, 0.6) is 0 Å². The number of halogens is 1. The van der Waals surface area contributed by atoms with Crippen LogP contribution in [0.25, 0.3) is 0 Å². The molecule has 1 N–H and O–H groups in total. The van der Waals surface area contributed by atoms with Crippen LogP contribution in [0.15, 0.2) is 34.2 Å². The van der Waals surface area contributed by atoms with Crippen LogP contribution in [0.1, 0.15) is 29.5 Å². The summed E-state index contributed by atoms with van der Waals surface area (Å²) in [6, 6.07) is 6.47. The summed E-state index contributed by atoms with van der Waals surface area (Å²) < 4.78 is 1.16. The van der Waals surface area contributed by atoms with Crippen molar-refractivity contribution in [1.82, 2.24) is 15.2 Å². The van der Waals surface area contributed by atoms with E-state index in [1.165, 1.54) is 10.4 Å². The smallest absolute Gasteiger partial charge is 0.0544 e. The minimum atomic E-state index is 0.873. The minimum absolute atomic E-state index is 0.873. The lowest BCUT2D eigenvalue weighted by atomic mass is 10.2. The lowest BCUT2D eigenvalue weighted by Gasteiger charge is -2.15. The lowest BCUT2D eigenvalue weighted by Crippen LogP contribution is -2.18. The number of rotatable bonds is 8. The Labute approximate surface area is 139 Å². The van der Waals surface area contributed by atoms with Gasteiger partial charge in [-0.15, -0.1) is 11.3 Å². The molecule has 0 unspecified atom stereocenters. The van der Waals surface area contributed by atoms with Gasteiger partial charge >= 0.3 is 0 Å². The van der Waals surface area contributed by atoms with Gasteiger partial charge in [0.1, 0.15) is 0 Å². The van der Waals surface area contributed by atoms with Gasteiger partial charge in [-0.3, -0.25) is 9.88 Å². The molecule has 0 saturated carbocycles. The van der Waals surface area contributed by atoms with Crippen molar-refractivity contribution in [2.24, 2.45) is 0 Å². The lowest BCUT2D eigenvalue weighted by molar-refractivity contribution is 0.318. The highest BCUT2D eigenvalue weighted by molar-refractivity contribution is 9.10. The summed E-state index contributed by atoms with van der Waals surface area (Å²) in [5, 5.41) is 5.52. The van der Waals surface area contributed by atoms with Gasteiger partial charge in [0.25, 0.3) is 0 Å². The molecule has 0 radical (unpaired) electrons. The van der Waals surface area contributed by atoms with Crippen molar-refractivity contribution >= 4 is 27.3 Å². The van der Waals surface area contributed by atoms with E-state index in [1.807, 2.05) is 6.20 Å². The summed E-state index contributed by atoms with van der Waals surface area (Å²) in [5.41, 5.74) is 2.37. The second-order valence-corrected chi connectivity index (χ2v) is 7.15. The zero-order valence-electron chi connectivity index (χ0n) is 12.6. The van der Waals surface area contributed by atoms with E-state index >= 15 is 0 Å². The topological polar surface area (TPSA) is 28.2 Å². The van der Waals surface area contributed by atoms with Crippen molar-refractivity contribution in [2.45, 2.75) is 33.0 Å². The van der Waals surface area contributed by atoms with Gasteiger partial charge in [0, 0.05) is 40.6 Å². The van der Waals surface area contributed by atoms with Crippen molar-refractivity contribution in [1.29, 1.82) is 0 Å². The molecule has 0 fully saturated rings. The van der Waals surface area contributed by atoms with E-state index in [0.29, 0.717) is 0 Å². The minimum Gasteiger partial charge on any atom is -0.313 e. The largest absolute Gasteiger partial charge is 0.313 e. The molecule has 2 rings (SSSR count). The van der Waals surface area contributed by atoms with E-state index in [4.69, 9.17) is 0 Å².